The van der Waals surface area contributed by atoms with Crippen molar-refractivity contribution in [1.29, 1.82) is 0 Å². The fraction of sp³-hybridized carbons (Fsp3) is 0.538. The van der Waals surface area contributed by atoms with Gasteiger partial charge in [-0.1, -0.05) is 13.3 Å². The Bertz CT molecular complexity index is 372. The molecular weight excluding hydrogens is 234 g/mol. The molecule has 0 saturated carbocycles. The van der Waals surface area contributed by atoms with E-state index in [-0.39, 0.29) is 12.3 Å². The van der Waals surface area contributed by atoms with Crippen LogP contribution in [0.3, 0.4) is 0 Å². The molecule has 1 rings (SSSR count). The number of furan rings is 1. The Kier molecular flexibility index (Phi) is 5.97. The number of carbonyl (C=O) groups is 2. The lowest BCUT2D eigenvalue weighted by molar-refractivity contribution is -0.137. The third-order valence-electron chi connectivity index (χ3n) is 2.93. The number of aliphatic carboxylic acids is 1. The summed E-state index contributed by atoms with van der Waals surface area (Å²) in [5.74, 6) is -0.368. The van der Waals surface area contributed by atoms with Crippen molar-refractivity contribution in [2.75, 3.05) is 6.54 Å². The van der Waals surface area contributed by atoms with Gasteiger partial charge in [0.2, 0.25) is 0 Å². The SMILES string of the molecule is CCC(CCNC(=O)c1ccco1)CCC(=O)O. The summed E-state index contributed by atoms with van der Waals surface area (Å²) >= 11 is 0. The maximum absolute atomic E-state index is 11.5. The molecule has 1 heterocycles. The predicted molar refractivity (Wildman–Crippen MR) is 66.3 cm³/mol. The smallest absolute Gasteiger partial charge is 0.303 e. The van der Waals surface area contributed by atoms with E-state index in [2.05, 4.69) is 5.32 Å². The number of hydrogen-bond donors (Lipinski definition) is 2. The van der Waals surface area contributed by atoms with Gasteiger partial charge >= 0.3 is 5.97 Å². The van der Waals surface area contributed by atoms with Crippen LogP contribution in [0.4, 0.5) is 0 Å². The van der Waals surface area contributed by atoms with Gasteiger partial charge in [-0.25, -0.2) is 0 Å². The van der Waals surface area contributed by atoms with Crippen LogP contribution >= 0.6 is 0 Å². The monoisotopic (exact) mass is 253 g/mol. The topological polar surface area (TPSA) is 79.5 Å². The van der Waals surface area contributed by atoms with Gasteiger partial charge < -0.3 is 14.8 Å². The summed E-state index contributed by atoms with van der Waals surface area (Å²) in [7, 11) is 0. The summed E-state index contributed by atoms with van der Waals surface area (Å²) in [5.41, 5.74) is 0. The molecule has 18 heavy (non-hydrogen) atoms. The molecule has 0 aliphatic heterocycles. The first-order chi connectivity index (χ1) is 8.63. The zero-order valence-corrected chi connectivity index (χ0v) is 10.5. The molecule has 0 radical (unpaired) electrons. The van der Waals surface area contributed by atoms with Crippen LogP contribution in [-0.4, -0.2) is 23.5 Å². The van der Waals surface area contributed by atoms with Crippen molar-refractivity contribution in [3.8, 4) is 0 Å². The van der Waals surface area contributed by atoms with Crippen molar-refractivity contribution in [2.45, 2.75) is 32.6 Å². The second kappa shape index (κ2) is 7.53. The molecule has 5 heteroatoms. The molecule has 0 aromatic carbocycles. The first-order valence-corrected chi connectivity index (χ1v) is 6.17. The normalized spacial score (nSPS) is 12.1. The van der Waals surface area contributed by atoms with E-state index in [4.69, 9.17) is 9.52 Å². The quantitative estimate of drug-likeness (QED) is 0.745. The van der Waals surface area contributed by atoms with Crippen LogP contribution in [-0.2, 0) is 4.79 Å². The zero-order valence-electron chi connectivity index (χ0n) is 10.5. The van der Waals surface area contributed by atoms with Crippen LogP contribution in [0.15, 0.2) is 22.8 Å². The van der Waals surface area contributed by atoms with Gasteiger partial charge in [0, 0.05) is 13.0 Å². The molecular formula is C13H19NO4. The highest BCUT2D eigenvalue weighted by atomic mass is 16.4. The van der Waals surface area contributed by atoms with Crippen LogP contribution in [0.5, 0.6) is 0 Å². The lowest BCUT2D eigenvalue weighted by Gasteiger charge is -2.13. The number of carbonyl (C=O) groups excluding carboxylic acids is 1. The van der Waals surface area contributed by atoms with Gasteiger partial charge in [0.15, 0.2) is 5.76 Å². The molecule has 2 N–H and O–H groups in total. The maximum Gasteiger partial charge on any atom is 0.303 e. The summed E-state index contributed by atoms with van der Waals surface area (Å²) in [6, 6.07) is 3.27. The Morgan fingerprint density at radius 2 is 2.22 bits per heavy atom. The lowest BCUT2D eigenvalue weighted by Crippen LogP contribution is -2.25. The molecule has 0 fully saturated rings. The fourth-order valence-electron chi connectivity index (χ4n) is 1.76. The van der Waals surface area contributed by atoms with Crippen molar-refractivity contribution in [3.05, 3.63) is 24.2 Å². The van der Waals surface area contributed by atoms with Crippen molar-refractivity contribution in [2.24, 2.45) is 5.92 Å². The van der Waals surface area contributed by atoms with Crippen LogP contribution < -0.4 is 5.32 Å². The highest BCUT2D eigenvalue weighted by Crippen LogP contribution is 2.14. The minimum atomic E-state index is -0.770. The minimum Gasteiger partial charge on any atom is -0.481 e. The molecule has 0 aliphatic carbocycles. The Hall–Kier alpha value is -1.78. The van der Waals surface area contributed by atoms with Gasteiger partial charge in [-0.3, -0.25) is 9.59 Å². The number of carboxylic acid groups (broad SMARTS) is 1. The molecule has 1 aromatic heterocycles. The van der Waals surface area contributed by atoms with E-state index in [1.165, 1.54) is 6.26 Å². The van der Waals surface area contributed by atoms with Gasteiger partial charge in [-0.2, -0.15) is 0 Å². The van der Waals surface area contributed by atoms with Gasteiger partial charge in [0.1, 0.15) is 0 Å². The number of rotatable bonds is 8. The standard InChI is InChI=1S/C13H19NO4/c1-2-10(5-6-12(15)16)7-8-14-13(17)11-4-3-9-18-11/h3-4,9-10H,2,5-8H2,1H3,(H,14,17)(H,15,16). The molecule has 1 atom stereocenters. The van der Waals surface area contributed by atoms with Crippen LogP contribution in [0, 0.1) is 5.92 Å². The van der Waals surface area contributed by atoms with E-state index in [1.54, 1.807) is 12.1 Å². The highest BCUT2D eigenvalue weighted by Gasteiger charge is 2.11. The lowest BCUT2D eigenvalue weighted by atomic mass is 9.97. The third-order valence-corrected chi connectivity index (χ3v) is 2.93. The summed E-state index contributed by atoms with van der Waals surface area (Å²) in [4.78, 5) is 22.0. The van der Waals surface area contributed by atoms with Crippen LogP contribution in [0.2, 0.25) is 0 Å². The largest absolute Gasteiger partial charge is 0.481 e. The molecule has 0 spiro atoms. The first kappa shape index (κ1) is 14.3. The van der Waals surface area contributed by atoms with E-state index in [0.717, 1.165) is 12.8 Å². The number of amides is 1. The Morgan fingerprint density at radius 1 is 1.44 bits per heavy atom. The predicted octanol–water partition coefficient (Wildman–Crippen LogP) is 2.29. The van der Waals surface area contributed by atoms with Crippen molar-refractivity contribution < 1.29 is 19.1 Å². The summed E-state index contributed by atoms with van der Waals surface area (Å²) in [5, 5.41) is 11.4. The number of carboxylic acids is 1. The number of nitrogens with one attached hydrogen (secondary N) is 1. The number of hydrogen-bond acceptors (Lipinski definition) is 3. The van der Waals surface area contributed by atoms with E-state index in [0.29, 0.717) is 24.6 Å². The van der Waals surface area contributed by atoms with E-state index < -0.39 is 5.97 Å². The molecule has 0 saturated heterocycles. The van der Waals surface area contributed by atoms with E-state index in [1.807, 2.05) is 6.92 Å². The summed E-state index contributed by atoms with van der Waals surface area (Å²) < 4.78 is 4.97. The second-order valence-corrected chi connectivity index (χ2v) is 4.23. The Balaban J connectivity index is 2.22. The Morgan fingerprint density at radius 3 is 2.78 bits per heavy atom. The van der Waals surface area contributed by atoms with Gasteiger partial charge in [0.05, 0.1) is 6.26 Å². The van der Waals surface area contributed by atoms with Crippen LogP contribution in [0.1, 0.15) is 43.2 Å². The van der Waals surface area contributed by atoms with Gasteiger partial charge in [-0.15, -0.1) is 0 Å². The third kappa shape index (κ3) is 5.03. The van der Waals surface area contributed by atoms with Crippen molar-refractivity contribution in [3.63, 3.8) is 0 Å². The van der Waals surface area contributed by atoms with E-state index in [9.17, 15) is 9.59 Å². The Labute approximate surface area is 106 Å². The maximum atomic E-state index is 11.5. The summed E-state index contributed by atoms with van der Waals surface area (Å²) in [6.45, 7) is 2.57. The fourth-order valence-corrected chi connectivity index (χ4v) is 1.76. The average Bonchev–Trinajstić information content (AvgIpc) is 2.86. The van der Waals surface area contributed by atoms with Crippen LogP contribution in [0.25, 0.3) is 0 Å². The molecule has 1 unspecified atom stereocenters. The zero-order chi connectivity index (χ0) is 13.4. The highest BCUT2D eigenvalue weighted by molar-refractivity contribution is 5.91. The minimum absolute atomic E-state index is 0.185. The molecule has 100 valence electrons. The molecule has 0 aliphatic rings. The molecule has 1 amide bonds. The van der Waals surface area contributed by atoms with Crippen molar-refractivity contribution >= 4 is 11.9 Å². The molecule has 0 bridgehead atoms. The van der Waals surface area contributed by atoms with Crippen molar-refractivity contribution in [1.82, 2.24) is 5.32 Å². The molecule has 5 nitrogen and oxygen atoms in total. The first-order valence-electron chi connectivity index (χ1n) is 6.17. The van der Waals surface area contributed by atoms with Gasteiger partial charge in [-0.05, 0) is 30.9 Å². The van der Waals surface area contributed by atoms with E-state index >= 15 is 0 Å². The summed E-state index contributed by atoms with van der Waals surface area (Å²) in [6.07, 6.45) is 4.00. The van der Waals surface area contributed by atoms with Gasteiger partial charge in [0.25, 0.3) is 5.91 Å². The molecule has 1 aromatic rings. The average molecular weight is 253 g/mol. The second-order valence-electron chi connectivity index (χ2n) is 4.23.